The highest BCUT2D eigenvalue weighted by Gasteiger charge is 2.17. The Labute approximate surface area is 108 Å². The van der Waals surface area contributed by atoms with Crippen LogP contribution < -0.4 is 5.73 Å². The van der Waals surface area contributed by atoms with E-state index >= 15 is 0 Å². The smallest absolute Gasteiger partial charge is 0.272 e. The van der Waals surface area contributed by atoms with Gasteiger partial charge in [0.1, 0.15) is 5.69 Å². The molecule has 18 heavy (non-hydrogen) atoms. The molecule has 1 rings (SSSR count). The van der Waals surface area contributed by atoms with Crippen LogP contribution in [0.1, 0.15) is 36.8 Å². The van der Waals surface area contributed by atoms with Crippen LogP contribution >= 0.6 is 0 Å². The minimum absolute atomic E-state index is 0.0502. The lowest BCUT2D eigenvalue weighted by molar-refractivity contribution is 0.0711. The van der Waals surface area contributed by atoms with Crippen LogP contribution in [0.2, 0.25) is 0 Å². The number of rotatable bonds is 3. The molecule has 0 aromatic carbocycles. The Kier molecular flexibility index (Phi) is 5.34. The minimum atomic E-state index is -0.0502. The third kappa shape index (κ3) is 3.57. The fraction of sp³-hybridized carbons (Fsp3) is 0.429. The summed E-state index contributed by atoms with van der Waals surface area (Å²) in [7, 11) is 0. The molecule has 96 valence electrons. The highest BCUT2D eigenvalue weighted by atomic mass is 16.2. The second-order valence-electron chi connectivity index (χ2n) is 4.12. The normalized spacial score (nSPS) is 9.83. The molecule has 0 bridgehead atoms. The van der Waals surface area contributed by atoms with Gasteiger partial charge in [-0.2, -0.15) is 0 Å². The van der Waals surface area contributed by atoms with Crippen LogP contribution in [0.15, 0.2) is 18.3 Å². The maximum Gasteiger partial charge on any atom is 0.272 e. The topological polar surface area (TPSA) is 59.2 Å². The minimum Gasteiger partial charge on any atom is -0.335 e. The molecule has 0 spiro atoms. The van der Waals surface area contributed by atoms with Crippen LogP contribution in [0.4, 0.5) is 0 Å². The van der Waals surface area contributed by atoms with E-state index < -0.39 is 0 Å². The molecule has 0 aliphatic heterocycles. The molecule has 0 atom stereocenters. The first-order valence-corrected chi connectivity index (χ1v) is 6.06. The molecular weight excluding hydrogens is 226 g/mol. The standard InChI is InChI=1S/C14H19N3O/c1-4-17(11(2)3)14(18)13-8-7-12(10-16-13)6-5-9-15/h7-8,10-11H,4,9,15H2,1-3H3. The van der Waals surface area contributed by atoms with E-state index in [4.69, 9.17) is 5.73 Å². The maximum atomic E-state index is 12.2. The molecule has 1 amide bonds. The largest absolute Gasteiger partial charge is 0.335 e. The van der Waals surface area contributed by atoms with Crippen molar-refractivity contribution in [1.29, 1.82) is 0 Å². The number of nitrogens with zero attached hydrogens (tertiary/aromatic N) is 2. The van der Waals surface area contributed by atoms with Crippen molar-refractivity contribution in [1.82, 2.24) is 9.88 Å². The van der Waals surface area contributed by atoms with Crippen molar-refractivity contribution in [2.75, 3.05) is 13.1 Å². The number of aromatic nitrogens is 1. The van der Waals surface area contributed by atoms with Gasteiger partial charge in [0.2, 0.25) is 0 Å². The van der Waals surface area contributed by atoms with Gasteiger partial charge in [-0.25, -0.2) is 4.98 Å². The number of amides is 1. The van der Waals surface area contributed by atoms with E-state index in [2.05, 4.69) is 16.8 Å². The number of carbonyl (C=O) groups is 1. The van der Waals surface area contributed by atoms with E-state index in [0.717, 1.165) is 5.56 Å². The molecule has 0 radical (unpaired) electrons. The van der Waals surface area contributed by atoms with Crippen molar-refractivity contribution in [3.63, 3.8) is 0 Å². The van der Waals surface area contributed by atoms with Gasteiger partial charge in [0, 0.05) is 24.3 Å². The van der Waals surface area contributed by atoms with Crippen molar-refractivity contribution in [2.45, 2.75) is 26.8 Å². The lowest BCUT2D eigenvalue weighted by Crippen LogP contribution is -2.37. The molecule has 4 heteroatoms. The first-order valence-electron chi connectivity index (χ1n) is 6.06. The van der Waals surface area contributed by atoms with Crippen LogP contribution in [0, 0.1) is 11.8 Å². The highest BCUT2D eigenvalue weighted by Crippen LogP contribution is 2.06. The zero-order chi connectivity index (χ0) is 13.5. The van der Waals surface area contributed by atoms with Gasteiger partial charge in [-0.05, 0) is 32.9 Å². The predicted molar refractivity (Wildman–Crippen MR) is 72.0 cm³/mol. The lowest BCUT2D eigenvalue weighted by Gasteiger charge is -2.24. The van der Waals surface area contributed by atoms with Gasteiger partial charge >= 0.3 is 0 Å². The highest BCUT2D eigenvalue weighted by molar-refractivity contribution is 5.92. The van der Waals surface area contributed by atoms with Gasteiger partial charge in [0.05, 0.1) is 6.54 Å². The van der Waals surface area contributed by atoms with Gasteiger partial charge in [0.25, 0.3) is 5.91 Å². The molecule has 1 aromatic rings. The predicted octanol–water partition coefficient (Wildman–Crippen LogP) is 1.26. The molecule has 0 fully saturated rings. The van der Waals surface area contributed by atoms with Gasteiger partial charge in [-0.1, -0.05) is 11.8 Å². The van der Waals surface area contributed by atoms with Crippen LogP contribution in [0.5, 0.6) is 0 Å². The molecule has 0 saturated heterocycles. The van der Waals surface area contributed by atoms with Crippen LogP contribution in [-0.4, -0.2) is 34.9 Å². The maximum absolute atomic E-state index is 12.2. The summed E-state index contributed by atoms with van der Waals surface area (Å²) in [4.78, 5) is 18.1. The van der Waals surface area contributed by atoms with Crippen molar-refractivity contribution >= 4 is 5.91 Å². The summed E-state index contributed by atoms with van der Waals surface area (Å²) in [6.45, 7) is 6.93. The van der Waals surface area contributed by atoms with Crippen LogP contribution in [0.3, 0.4) is 0 Å². The molecule has 1 aromatic heterocycles. The molecule has 4 nitrogen and oxygen atoms in total. The first kappa shape index (κ1) is 14.2. The Morgan fingerprint density at radius 2 is 2.22 bits per heavy atom. The SMILES string of the molecule is CCN(C(=O)c1ccc(C#CCN)cn1)C(C)C. The fourth-order valence-corrected chi connectivity index (χ4v) is 1.64. The number of nitrogens with two attached hydrogens (primary N) is 1. The molecular formula is C14H19N3O. The van der Waals surface area contributed by atoms with Crippen molar-refractivity contribution in [2.24, 2.45) is 5.73 Å². The summed E-state index contributed by atoms with van der Waals surface area (Å²) in [5, 5.41) is 0. The lowest BCUT2D eigenvalue weighted by atomic mass is 10.2. The summed E-state index contributed by atoms with van der Waals surface area (Å²) in [6, 6.07) is 3.66. The number of hydrogen-bond acceptors (Lipinski definition) is 3. The summed E-state index contributed by atoms with van der Waals surface area (Å²) in [6.07, 6.45) is 1.60. The monoisotopic (exact) mass is 245 g/mol. The van der Waals surface area contributed by atoms with E-state index in [9.17, 15) is 4.79 Å². The van der Waals surface area contributed by atoms with Gasteiger partial charge in [-0.15, -0.1) is 0 Å². The van der Waals surface area contributed by atoms with Gasteiger partial charge in [-0.3, -0.25) is 4.79 Å². The summed E-state index contributed by atoms with van der Waals surface area (Å²) in [5.74, 6) is 5.57. The van der Waals surface area contributed by atoms with Gasteiger partial charge < -0.3 is 10.6 Å². The Morgan fingerprint density at radius 3 is 2.67 bits per heavy atom. The molecule has 1 heterocycles. The fourth-order valence-electron chi connectivity index (χ4n) is 1.64. The van der Waals surface area contributed by atoms with Crippen molar-refractivity contribution in [3.05, 3.63) is 29.6 Å². The zero-order valence-corrected chi connectivity index (χ0v) is 11.1. The van der Waals surface area contributed by atoms with E-state index in [1.165, 1.54) is 0 Å². The Bertz CT molecular complexity index is 454. The van der Waals surface area contributed by atoms with Crippen LogP contribution in [-0.2, 0) is 0 Å². The Hall–Kier alpha value is -1.86. The molecule has 2 N–H and O–H groups in total. The third-order valence-electron chi connectivity index (χ3n) is 2.54. The summed E-state index contributed by atoms with van der Waals surface area (Å²) >= 11 is 0. The van der Waals surface area contributed by atoms with E-state index in [1.54, 1.807) is 23.2 Å². The van der Waals surface area contributed by atoms with Gasteiger partial charge in [0.15, 0.2) is 0 Å². The summed E-state index contributed by atoms with van der Waals surface area (Å²) < 4.78 is 0. The second-order valence-corrected chi connectivity index (χ2v) is 4.12. The quantitative estimate of drug-likeness (QED) is 0.816. The molecule has 0 unspecified atom stereocenters. The molecule has 0 aliphatic rings. The first-order chi connectivity index (χ1) is 8.60. The second kappa shape index (κ2) is 6.77. The number of carbonyl (C=O) groups excluding carboxylic acids is 1. The number of pyridine rings is 1. The number of hydrogen-bond donors (Lipinski definition) is 1. The summed E-state index contributed by atoms with van der Waals surface area (Å²) in [5.41, 5.74) is 6.51. The third-order valence-corrected chi connectivity index (χ3v) is 2.54. The zero-order valence-electron chi connectivity index (χ0n) is 11.1. The Balaban J connectivity index is 2.87. The molecule has 0 aliphatic carbocycles. The van der Waals surface area contributed by atoms with Crippen molar-refractivity contribution in [3.8, 4) is 11.8 Å². The average molecular weight is 245 g/mol. The van der Waals surface area contributed by atoms with Crippen molar-refractivity contribution < 1.29 is 4.79 Å². The van der Waals surface area contributed by atoms with Crippen LogP contribution in [0.25, 0.3) is 0 Å². The van der Waals surface area contributed by atoms with E-state index in [0.29, 0.717) is 18.8 Å². The van der Waals surface area contributed by atoms with E-state index in [1.807, 2.05) is 20.8 Å². The van der Waals surface area contributed by atoms with E-state index in [-0.39, 0.29) is 11.9 Å². The molecule has 0 saturated carbocycles. The Morgan fingerprint density at radius 1 is 1.50 bits per heavy atom. The average Bonchev–Trinajstić information content (AvgIpc) is 2.37.